The summed E-state index contributed by atoms with van der Waals surface area (Å²) in [6, 6.07) is 74.3. The molecule has 58 heavy (non-hydrogen) atoms. The number of aromatic amines is 1. The number of nitrogens with zero attached hydrogens (tertiary/aromatic N) is 1. The molecule has 0 fully saturated rings. The predicted molar refractivity (Wildman–Crippen MR) is 245 cm³/mol. The van der Waals surface area contributed by atoms with E-state index in [1.54, 1.807) is 0 Å². The number of H-pyrrole nitrogens is 1. The lowest BCUT2D eigenvalue weighted by Gasteiger charge is -2.32. The van der Waals surface area contributed by atoms with Crippen molar-refractivity contribution in [2.75, 3.05) is 4.90 Å². The van der Waals surface area contributed by atoms with Crippen LogP contribution in [-0.2, 0) is 5.41 Å². The van der Waals surface area contributed by atoms with Crippen LogP contribution in [0, 0.1) is 0 Å². The van der Waals surface area contributed by atoms with Crippen LogP contribution >= 0.6 is 11.3 Å². The number of benzene rings is 9. The highest BCUT2D eigenvalue weighted by molar-refractivity contribution is 7.26. The number of nitrogens with one attached hydrogen (secondary N) is 1. The second kappa shape index (κ2) is 11.9. The summed E-state index contributed by atoms with van der Waals surface area (Å²) in [6.07, 6.45) is 0. The highest BCUT2D eigenvalue weighted by Crippen LogP contribution is 2.63. The number of fused-ring (bicyclic) bond motifs is 17. The Morgan fingerprint density at radius 2 is 0.914 bits per heavy atom. The molecule has 2 nitrogen and oxygen atoms in total. The van der Waals surface area contributed by atoms with E-state index in [-0.39, 0.29) is 0 Å². The quantitative estimate of drug-likeness (QED) is 0.190. The maximum atomic E-state index is 3.91. The van der Waals surface area contributed by atoms with Crippen molar-refractivity contribution in [3.63, 3.8) is 0 Å². The van der Waals surface area contributed by atoms with Crippen molar-refractivity contribution in [2.24, 2.45) is 0 Å². The number of aromatic nitrogens is 1. The van der Waals surface area contributed by atoms with Crippen LogP contribution in [0.3, 0.4) is 0 Å². The fraction of sp³-hybridized carbons (Fsp3) is 0.0182. The molecule has 1 spiro atoms. The molecule has 0 amide bonds. The maximum Gasteiger partial charge on any atom is 0.0726 e. The Balaban J connectivity index is 1.04. The van der Waals surface area contributed by atoms with Gasteiger partial charge in [0, 0.05) is 48.8 Å². The summed E-state index contributed by atoms with van der Waals surface area (Å²) in [4.78, 5) is 6.35. The van der Waals surface area contributed by atoms with Gasteiger partial charge in [-0.3, -0.25) is 0 Å². The summed E-state index contributed by atoms with van der Waals surface area (Å²) >= 11 is 1.87. The topological polar surface area (TPSA) is 19.0 Å². The van der Waals surface area contributed by atoms with Gasteiger partial charge in [0.15, 0.2) is 0 Å². The van der Waals surface area contributed by atoms with Crippen LogP contribution in [-0.4, -0.2) is 4.98 Å². The number of rotatable bonds is 4. The Hall–Kier alpha value is -7.20. The molecule has 0 atom stereocenters. The molecule has 0 unspecified atom stereocenters. The summed E-state index contributed by atoms with van der Waals surface area (Å²) in [5.74, 6) is 0. The first-order valence-corrected chi connectivity index (χ1v) is 20.8. The molecule has 2 aromatic heterocycles. The minimum absolute atomic E-state index is 0.422. The van der Waals surface area contributed by atoms with Crippen LogP contribution in [0.25, 0.3) is 75.4 Å². The van der Waals surface area contributed by atoms with Gasteiger partial charge in [-0.1, -0.05) is 158 Å². The van der Waals surface area contributed by atoms with E-state index in [0.717, 1.165) is 22.6 Å². The first-order chi connectivity index (χ1) is 28.8. The smallest absolute Gasteiger partial charge is 0.0726 e. The highest BCUT2D eigenvalue weighted by Gasteiger charge is 2.51. The molecular weight excluding hydrogens is 721 g/mol. The van der Waals surface area contributed by atoms with E-state index >= 15 is 0 Å². The molecule has 3 heteroatoms. The van der Waals surface area contributed by atoms with E-state index in [1.165, 1.54) is 92.1 Å². The fourth-order valence-corrected chi connectivity index (χ4v) is 11.6. The van der Waals surface area contributed by atoms with E-state index in [9.17, 15) is 0 Å². The summed E-state index contributed by atoms with van der Waals surface area (Å²) in [6.45, 7) is 0. The fourth-order valence-electron chi connectivity index (χ4n) is 10.4. The average molecular weight is 755 g/mol. The molecule has 2 aliphatic rings. The van der Waals surface area contributed by atoms with Crippen molar-refractivity contribution in [3.05, 3.63) is 222 Å². The second-order valence-corrected chi connectivity index (χ2v) is 16.7. The van der Waals surface area contributed by atoms with Crippen LogP contribution in [0.1, 0.15) is 22.3 Å². The molecular formula is C55H34N2S. The van der Waals surface area contributed by atoms with Crippen LogP contribution in [0.15, 0.2) is 200 Å². The van der Waals surface area contributed by atoms with Crippen LogP contribution in [0.4, 0.5) is 17.1 Å². The van der Waals surface area contributed by atoms with Gasteiger partial charge in [-0.25, -0.2) is 0 Å². The molecule has 270 valence electrons. The Bertz CT molecular complexity index is 3400. The normalized spacial score (nSPS) is 13.3. The molecule has 0 radical (unpaired) electrons. The molecule has 0 saturated carbocycles. The van der Waals surface area contributed by atoms with Gasteiger partial charge in [0.2, 0.25) is 0 Å². The minimum Gasteiger partial charge on any atom is -0.353 e. The number of hydrogen-bond donors (Lipinski definition) is 1. The first kappa shape index (κ1) is 31.9. The first-order valence-electron chi connectivity index (χ1n) is 20.0. The van der Waals surface area contributed by atoms with E-state index in [0.29, 0.717) is 0 Å². The van der Waals surface area contributed by atoms with Crippen molar-refractivity contribution in [2.45, 2.75) is 5.41 Å². The lowest BCUT2D eigenvalue weighted by molar-refractivity contribution is 0.793. The zero-order chi connectivity index (χ0) is 38.0. The molecule has 0 saturated heterocycles. The third-order valence-electron chi connectivity index (χ3n) is 12.8. The van der Waals surface area contributed by atoms with Gasteiger partial charge < -0.3 is 9.88 Å². The molecule has 1 N–H and O–H groups in total. The van der Waals surface area contributed by atoms with Gasteiger partial charge in [0.1, 0.15) is 0 Å². The lowest BCUT2D eigenvalue weighted by Crippen LogP contribution is -2.26. The van der Waals surface area contributed by atoms with Gasteiger partial charge in [0.25, 0.3) is 0 Å². The van der Waals surface area contributed by atoms with E-state index < -0.39 is 5.41 Å². The second-order valence-electron chi connectivity index (χ2n) is 15.7. The van der Waals surface area contributed by atoms with Gasteiger partial charge in [-0.15, -0.1) is 11.3 Å². The van der Waals surface area contributed by atoms with Gasteiger partial charge in [-0.2, -0.15) is 0 Å². The number of anilines is 3. The van der Waals surface area contributed by atoms with Crippen LogP contribution in [0.5, 0.6) is 0 Å². The molecule has 11 aromatic rings. The predicted octanol–water partition coefficient (Wildman–Crippen LogP) is 15.2. The maximum absolute atomic E-state index is 3.91. The Morgan fingerprint density at radius 1 is 0.379 bits per heavy atom. The SMILES string of the molecule is c1ccc(-c2ccc(N(c3ccc4c(c3)C3(c5ccccc5-c5ccccc53)c3ccccc3-4)c3ccc4c(c3)[nH]c3c4ccc4c5ccccc5sc43)cc2)cc1. The lowest BCUT2D eigenvalue weighted by atomic mass is 9.70. The molecule has 2 aliphatic carbocycles. The summed E-state index contributed by atoms with van der Waals surface area (Å²) in [5, 5.41) is 5.12. The van der Waals surface area contributed by atoms with Crippen LogP contribution < -0.4 is 4.90 Å². The van der Waals surface area contributed by atoms with Gasteiger partial charge in [-0.05, 0) is 98.1 Å². The van der Waals surface area contributed by atoms with E-state index in [2.05, 4.69) is 210 Å². The highest BCUT2D eigenvalue weighted by atomic mass is 32.1. The summed E-state index contributed by atoms with van der Waals surface area (Å²) < 4.78 is 2.63. The number of thiophene rings is 1. The Morgan fingerprint density at radius 3 is 1.64 bits per heavy atom. The third kappa shape index (κ3) is 4.26. The minimum atomic E-state index is -0.422. The van der Waals surface area contributed by atoms with Crippen molar-refractivity contribution < 1.29 is 0 Å². The van der Waals surface area contributed by atoms with Crippen molar-refractivity contribution in [1.82, 2.24) is 4.98 Å². The summed E-state index contributed by atoms with van der Waals surface area (Å²) in [7, 11) is 0. The van der Waals surface area contributed by atoms with Crippen molar-refractivity contribution in [3.8, 4) is 33.4 Å². The largest absolute Gasteiger partial charge is 0.353 e. The third-order valence-corrected chi connectivity index (χ3v) is 14.0. The molecule has 0 aliphatic heterocycles. The standard InChI is InChI=1S/C55H34N2S/c1-2-12-34(13-3-1)35-22-24-36(25-23-35)57(38-27-29-43-45-30-31-46-44-17-7-11-21-52(44)58-54(46)53(45)56-51(43)33-38)37-26-28-42-41-16-6-10-20-49(41)55(50(42)32-37)47-18-8-4-14-39(47)40-15-5-9-19-48(40)55/h1-33,56H. The summed E-state index contributed by atoms with van der Waals surface area (Å²) in [5.41, 5.74) is 18.3. The number of hydrogen-bond acceptors (Lipinski definition) is 2. The van der Waals surface area contributed by atoms with Gasteiger partial charge in [0.05, 0.1) is 15.6 Å². The van der Waals surface area contributed by atoms with E-state index in [1.807, 2.05) is 11.3 Å². The van der Waals surface area contributed by atoms with Crippen LogP contribution in [0.2, 0.25) is 0 Å². The van der Waals surface area contributed by atoms with Gasteiger partial charge >= 0.3 is 0 Å². The molecule has 13 rings (SSSR count). The monoisotopic (exact) mass is 754 g/mol. The molecule has 0 bridgehead atoms. The average Bonchev–Trinajstić information content (AvgIpc) is 4.02. The zero-order valence-electron chi connectivity index (χ0n) is 31.4. The molecule has 9 aromatic carbocycles. The zero-order valence-corrected chi connectivity index (χ0v) is 32.2. The van der Waals surface area contributed by atoms with Crippen molar-refractivity contribution in [1.29, 1.82) is 0 Å². The van der Waals surface area contributed by atoms with Crippen molar-refractivity contribution >= 4 is 70.4 Å². The van der Waals surface area contributed by atoms with E-state index in [4.69, 9.17) is 0 Å². The Labute approximate surface area is 339 Å². The Kier molecular flexibility index (Phi) is 6.56. The molecule has 2 heterocycles.